The van der Waals surface area contributed by atoms with Crippen LogP contribution in [0.4, 0.5) is 0 Å². The summed E-state index contributed by atoms with van der Waals surface area (Å²) in [7, 11) is 0. The predicted molar refractivity (Wildman–Crippen MR) is 68.5 cm³/mol. The van der Waals surface area contributed by atoms with Gasteiger partial charge in [0, 0.05) is 0 Å². The van der Waals surface area contributed by atoms with Gasteiger partial charge in [0.2, 0.25) is 0 Å². The number of hydrogen-bond donors (Lipinski definition) is 0. The largest absolute Gasteiger partial charge is 0.459 e. The first kappa shape index (κ1) is 15.3. The molecule has 1 rings (SSSR count). The molecule has 0 spiro atoms. The highest BCUT2D eigenvalue weighted by Crippen LogP contribution is 2.10. The zero-order chi connectivity index (χ0) is 13.4. The second-order valence-electron chi connectivity index (χ2n) is 4.07. The van der Waals surface area contributed by atoms with Gasteiger partial charge < -0.3 is 14.2 Å². The molecule has 6 heteroatoms. The molecule has 0 amide bonds. The van der Waals surface area contributed by atoms with E-state index in [1.165, 1.54) is 11.8 Å². The molecule has 0 saturated carbocycles. The van der Waals surface area contributed by atoms with Gasteiger partial charge in [0.1, 0.15) is 12.2 Å². The first-order chi connectivity index (χ1) is 8.65. The lowest BCUT2D eigenvalue weighted by Crippen LogP contribution is -2.30. The molecule has 0 aromatic rings. The fourth-order valence-electron chi connectivity index (χ4n) is 1.46. The van der Waals surface area contributed by atoms with E-state index in [1.807, 2.05) is 13.8 Å². The molecule has 0 aliphatic carbocycles. The Kier molecular flexibility index (Phi) is 7.12. The summed E-state index contributed by atoms with van der Waals surface area (Å²) in [6, 6.07) is 0. The van der Waals surface area contributed by atoms with Crippen molar-refractivity contribution in [3.05, 3.63) is 0 Å². The van der Waals surface area contributed by atoms with Gasteiger partial charge in [-0.05, 0) is 12.8 Å². The number of carbonyl (C=O) groups is 2. The van der Waals surface area contributed by atoms with Crippen molar-refractivity contribution in [3.8, 4) is 0 Å². The van der Waals surface area contributed by atoms with Gasteiger partial charge >= 0.3 is 11.9 Å². The van der Waals surface area contributed by atoms with E-state index in [4.69, 9.17) is 14.2 Å². The van der Waals surface area contributed by atoms with Crippen molar-refractivity contribution in [2.45, 2.75) is 38.9 Å². The maximum absolute atomic E-state index is 11.4. The topological polar surface area (TPSA) is 61.8 Å². The summed E-state index contributed by atoms with van der Waals surface area (Å²) in [4.78, 5) is 22.9. The first-order valence-electron chi connectivity index (χ1n) is 6.20. The molecule has 1 aliphatic heterocycles. The zero-order valence-corrected chi connectivity index (χ0v) is 11.7. The maximum Gasteiger partial charge on any atom is 0.316 e. The Bertz CT molecular complexity index is 256. The molecule has 2 atom stereocenters. The summed E-state index contributed by atoms with van der Waals surface area (Å²) in [5.74, 6) is -0.281. The summed E-state index contributed by atoms with van der Waals surface area (Å²) in [6.45, 7) is 4.58. The van der Waals surface area contributed by atoms with Gasteiger partial charge in [0.25, 0.3) is 0 Å². The van der Waals surface area contributed by atoms with Gasteiger partial charge in [-0.2, -0.15) is 0 Å². The fraction of sp³-hybridized carbons (Fsp3) is 0.833. The lowest BCUT2D eigenvalue weighted by Gasteiger charge is -2.21. The van der Waals surface area contributed by atoms with Crippen LogP contribution in [0.2, 0.25) is 0 Å². The zero-order valence-electron chi connectivity index (χ0n) is 10.8. The Balaban J connectivity index is 2.54. The maximum atomic E-state index is 11.4. The Morgan fingerprint density at radius 1 is 1.00 bits per heavy atom. The molecule has 104 valence electrons. The van der Waals surface area contributed by atoms with Crippen LogP contribution in [0.15, 0.2) is 0 Å². The monoisotopic (exact) mass is 276 g/mol. The molecule has 0 aromatic carbocycles. The van der Waals surface area contributed by atoms with Crippen molar-refractivity contribution >= 4 is 23.7 Å². The summed E-state index contributed by atoms with van der Waals surface area (Å²) in [6.07, 6.45) is 0.997. The highest BCUT2D eigenvalue weighted by Gasteiger charge is 2.18. The number of hydrogen-bond acceptors (Lipinski definition) is 6. The van der Waals surface area contributed by atoms with Crippen molar-refractivity contribution in [1.29, 1.82) is 0 Å². The molecular formula is C12H20O5S. The van der Waals surface area contributed by atoms with Crippen LogP contribution in [0.25, 0.3) is 0 Å². The summed E-state index contributed by atoms with van der Waals surface area (Å²) >= 11 is 1.22. The van der Waals surface area contributed by atoms with E-state index in [2.05, 4.69) is 0 Å². The van der Waals surface area contributed by atoms with E-state index in [0.29, 0.717) is 26.1 Å². The van der Waals surface area contributed by atoms with Gasteiger partial charge in [-0.3, -0.25) is 9.59 Å². The average molecular weight is 276 g/mol. The SMILES string of the molecule is CCC1COCC(CC)OC(=O)CSCC(=O)O1. The normalized spacial score (nSPS) is 27.7. The van der Waals surface area contributed by atoms with E-state index in [1.54, 1.807) is 0 Å². The minimum absolute atomic E-state index is 0.169. The van der Waals surface area contributed by atoms with Gasteiger partial charge in [-0.1, -0.05) is 13.8 Å². The first-order valence-corrected chi connectivity index (χ1v) is 7.35. The number of carbonyl (C=O) groups excluding carboxylic acids is 2. The molecule has 2 unspecified atom stereocenters. The molecule has 0 bridgehead atoms. The van der Waals surface area contributed by atoms with Crippen molar-refractivity contribution < 1.29 is 23.8 Å². The minimum Gasteiger partial charge on any atom is -0.459 e. The van der Waals surface area contributed by atoms with Crippen LogP contribution in [0, 0.1) is 0 Å². The second kappa shape index (κ2) is 8.37. The summed E-state index contributed by atoms with van der Waals surface area (Å²) in [5, 5.41) is 0. The van der Waals surface area contributed by atoms with Crippen LogP contribution < -0.4 is 0 Å². The van der Waals surface area contributed by atoms with Crippen LogP contribution in [-0.2, 0) is 23.8 Å². The smallest absolute Gasteiger partial charge is 0.316 e. The fourth-order valence-corrected chi connectivity index (χ4v) is 2.03. The molecule has 0 aromatic heterocycles. The standard InChI is InChI=1S/C12H20O5S/c1-3-9-5-15-6-10(4-2)17-12(14)8-18-7-11(13)16-9/h9-10H,3-8H2,1-2H3. The Morgan fingerprint density at radius 3 is 1.83 bits per heavy atom. The molecule has 1 saturated heterocycles. The molecule has 0 N–H and O–H groups in total. The lowest BCUT2D eigenvalue weighted by molar-refractivity contribution is -0.153. The average Bonchev–Trinajstić information content (AvgIpc) is 2.34. The van der Waals surface area contributed by atoms with Crippen LogP contribution in [0.1, 0.15) is 26.7 Å². The number of cyclic esters (lactones) is 2. The molecule has 0 radical (unpaired) electrons. The third kappa shape index (κ3) is 5.73. The lowest BCUT2D eigenvalue weighted by atomic mass is 10.3. The van der Waals surface area contributed by atoms with E-state index in [0.717, 1.165) is 0 Å². The molecular weight excluding hydrogens is 256 g/mol. The van der Waals surface area contributed by atoms with Gasteiger partial charge in [0.15, 0.2) is 0 Å². The molecule has 1 aliphatic rings. The van der Waals surface area contributed by atoms with Crippen molar-refractivity contribution in [2.24, 2.45) is 0 Å². The van der Waals surface area contributed by atoms with E-state index in [9.17, 15) is 9.59 Å². The van der Waals surface area contributed by atoms with Crippen LogP contribution in [0.3, 0.4) is 0 Å². The molecule has 1 fully saturated rings. The highest BCUT2D eigenvalue weighted by atomic mass is 32.2. The highest BCUT2D eigenvalue weighted by molar-refractivity contribution is 8.00. The molecule has 5 nitrogen and oxygen atoms in total. The minimum atomic E-state index is -0.309. The van der Waals surface area contributed by atoms with Gasteiger partial charge in [0.05, 0.1) is 24.7 Å². The number of thioether (sulfide) groups is 1. The third-order valence-electron chi connectivity index (χ3n) is 2.55. The Labute approximate surface area is 112 Å². The number of rotatable bonds is 2. The Hall–Kier alpha value is -0.750. The number of esters is 2. The quantitative estimate of drug-likeness (QED) is 0.710. The Morgan fingerprint density at radius 2 is 1.44 bits per heavy atom. The third-order valence-corrected chi connectivity index (χ3v) is 3.43. The molecule has 18 heavy (non-hydrogen) atoms. The van der Waals surface area contributed by atoms with Crippen LogP contribution in [-0.4, -0.2) is 48.9 Å². The summed E-state index contributed by atoms with van der Waals surface area (Å²) in [5.41, 5.74) is 0. The number of ether oxygens (including phenoxy) is 3. The van der Waals surface area contributed by atoms with Crippen molar-refractivity contribution in [2.75, 3.05) is 24.7 Å². The summed E-state index contributed by atoms with van der Waals surface area (Å²) < 4.78 is 15.9. The van der Waals surface area contributed by atoms with Crippen molar-refractivity contribution in [1.82, 2.24) is 0 Å². The van der Waals surface area contributed by atoms with Crippen LogP contribution in [0.5, 0.6) is 0 Å². The van der Waals surface area contributed by atoms with E-state index >= 15 is 0 Å². The van der Waals surface area contributed by atoms with E-state index in [-0.39, 0.29) is 35.7 Å². The predicted octanol–water partition coefficient (Wildman–Crippen LogP) is 1.39. The molecule has 1 heterocycles. The van der Waals surface area contributed by atoms with Crippen molar-refractivity contribution in [3.63, 3.8) is 0 Å². The van der Waals surface area contributed by atoms with E-state index < -0.39 is 0 Å². The van der Waals surface area contributed by atoms with Gasteiger partial charge in [-0.25, -0.2) is 0 Å². The van der Waals surface area contributed by atoms with Crippen LogP contribution >= 0.6 is 11.8 Å². The second-order valence-corrected chi connectivity index (χ2v) is 5.06. The van der Waals surface area contributed by atoms with Gasteiger partial charge in [-0.15, -0.1) is 11.8 Å².